The topological polar surface area (TPSA) is 29.5 Å². The van der Waals surface area contributed by atoms with Gasteiger partial charge in [-0.3, -0.25) is 9.69 Å². The van der Waals surface area contributed by atoms with E-state index in [0.717, 1.165) is 16.9 Å². The van der Waals surface area contributed by atoms with Crippen molar-refractivity contribution in [2.75, 3.05) is 6.54 Å². The fourth-order valence-corrected chi connectivity index (χ4v) is 3.66. The van der Waals surface area contributed by atoms with Crippen molar-refractivity contribution in [2.24, 2.45) is 0 Å². The van der Waals surface area contributed by atoms with E-state index in [1.807, 2.05) is 60.7 Å². The average Bonchev–Trinajstić information content (AvgIpc) is 2.90. The van der Waals surface area contributed by atoms with Gasteiger partial charge in [-0.25, -0.2) is 0 Å². The number of carbonyl (C=O) groups excluding carboxylic acids is 1. The summed E-state index contributed by atoms with van der Waals surface area (Å²) in [6, 6.07) is 17.6. The van der Waals surface area contributed by atoms with E-state index in [1.165, 1.54) is 11.8 Å². The molecule has 1 amide bonds. The molecule has 5 heteroatoms. The molecule has 126 valence electrons. The van der Waals surface area contributed by atoms with Crippen LogP contribution in [0.15, 0.2) is 72.2 Å². The normalized spacial score (nSPS) is 15.7. The van der Waals surface area contributed by atoms with Gasteiger partial charge in [0, 0.05) is 12.1 Å². The minimum atomic E-state index is -0.0900. The number of carbonyl (C=O) groups is 1. The first-order chi connectivity index (χ1) is 12.2. The molecule has 25 heavy (non-hydrogen) atoms. The molecule has 0 aliphatic carbocycles. The van der Waals surface area contributed by atoms with E-state index in [1.54, 1.807) is 11.0 Å². The predicted molar refractivity (Wildman–Crippen MR) is 107 cm³/mol. The molecule has 0 unspecified atom stereocenters. The van der Waals surface area contributed by atoms with Crippen LogP contribution in [-0.2, 0) is 11.4 Å². The van der Waals surface area contributed by atoms with E-state index in [2.05, 4.69) is 6.58 Å². The van der Waals surface area contributed by atoms with Crippen molar-refractivity contribution < 1.29 is 9.53 Å². The summed E-state index contributed by atoms with van der Waals surface area (Å²) in [7, 11) is 0. The number of thiocarbonyl (C=S) groups is 1. The zero-order valence-corrected chi connectivity index (χ0v) is 15.2. The molecule has 0 atom stereocenters. The highest BCUT2D eigenvalue weighted by molar-refractivity contribution is 8.26. The van der Waals surface area contributed by atoms with Gasteiger partial charge < -0.3 is 4.74 Å². The fourth-order valence-electron chi connectivity index (χ4n) is 2.39. The SMILES string of the molecule is C=CCN1C(=O)/C(=C/c2ccccc2OCc2ccccc2)SC1=S. The third kappa shape index (κ3) is 4.18. The molecule has 0 N–H and O–H groups in total. The van der Waals surface area contributed by atoms with Crippen molar-refractivity contribution in [2.45, 2.75) is 6.61 Å². The van der Waals surface area contributed by atoms with Crippen LogP contribution >= 0.6 is 24.0 Å². The number of thioether (sulfide) groups is 1. The van der Waals surface area contributed by atoms with Crippen LogP contribution in [0.5, 0.6) is 5.75 Å². The second kappa shape index (κ2) is 8.14. The predicted octanol–water partition coefficient (Wildman–Crippen LogP) is 4.65. The lowest BCUT2D eigenvalue weighted by Gasteiger charge is -2.11. The number of benzene rings is 2. The molecular formula is C20H17NO2S2. The van der Waals surface area contributed by atoms with Crippen LogP contribution in [0.2, 0.25) is 0 Å². The van der Waals surface area contributed by atoms with E-state index < -0.39 is 0 Å². The monoisotopic (exact) mass is 367 g/mol. The van der Waals surface area contributed by atoms with E-state index in [9.17, 15) is 4.79 Å². The first-order valence-corrected chi connectivity index (χ1v) is 9.03. The Morgan fingerprint density at radius 1 is 1.12 bits per heavy atom. The molecular weight excluding hydrogens is 350 g/mol. The van der Waals surface area contributed by atoms with Crippen LogP contribution in [0.1, 0.15) is 11.1 Å². The van der Waals surface area contributed by atoms with Gasteiger partial charge in [0.15, 0.2) is 0 Å². The van der Waals surface area contributed by atoms with Crippen molar-refractivity contribution in [1.82, 2.24) is 4.90 Å². The van der Waals surface area contributed by atoms with Gasteiger partial charge in [-0.15, -0.1) is 6.58 Å². The van der Waals surface area contributed by atoms with Crippen LogP contribution in [0.3, 0.4) is 0 Å². The molecule has 2 aromatic rings. The average molecular weight is 367 g/mol. The summed E-state index contributed by atoms with van der Waals surface area (Å²) in [5, 5.41) is 0. The van der Waals surface area contributed by atoms with Crippen molar-refractivity contribution in [3.63, 3.8) is 0 Å². The number of hydrogen-bond donors (Lipinski definition) is 0. The van der Waals surface area contributed by atoms with Crippen molar-refractivity contribution in [3.05, 3.63) is 83.3 Å². The maximum atomic E-state index is 12.5. The van der Waals surface area contributed by atoms with Gasteiger partial charge in [-0.2, -0.15) is 0 Å². The van der Waals surface area contributed by atoms with Gasteiger partial charge >= 0.3 is 0 Å². The number of amides is 1. The van der Waals surface area contributed by atoms with Gasteiger partial charge in [0.1, 0.15) is 16.7 Å². The van der Waals surface area contributed by atoms with Crippen LogP contribution in [-0.4, -0.2) is 21.7 Å². The Kier molecular flexibility index (Phi) is 5.68. The zero-order valence-electron chi connectivity index (χ0n) is 13.6. The van der Waals surface area contributed by atoms with Gasteiger partial charge in [0.05, 0.1) is 4.91 Å². The molecule has 0 radical (unpaired) electrons. The lowest BCUT2D eigenvalue weighted by molar-refractivity contribution is -0.121. The van der Waals surface area contributed by atoms with Crippen molar-refractivity contribution in [3.8, 4) is 5.75 Å². The zero-order chi connectivity index (χ0) is 17.6. The van der Waals surface area contributed by atoms with E-state index in [-0.39, 0.29) is 5.91 Å². The molecule has 1 heterocycles. The van der Waals surface area contributed by atoms with Crippen molar-refractivity contribution in [1.29, 1.82) is 0 Å². The molecule has 2 aromatic carbocycles. The Bertz CT molecular complexity index is 831. The summed E-state index contributed by atoms with van der Waals surface area (Å²) < 4.78 is 6.50. The summed E-state index contributed by atoms with van der Waals surface area (Å²) in [5.74, 6) is 0.646. The Hall–Kier alpha value is -2.37. The number of para-hydroxylation sites is 1. The van der Waals surface area contributed by atoms with Gasteiger partial charge in [-0.1, -0.05) is 78.6 Å². The molecule has 1 saturated heterocycles. The number of nitrogens with zero attached hydrogens (tertiary/aromatic N) is 1. The highest BCUT2D eigenvalue weighted by Gasteiger charge is 2.31. The van der Waals surface area contributed by atoms with E-state index >= 15 is 0 Å². The Morgan fingerprint density at radius 2 is 1.84 bits per heavy atom. The summed E-state index contributed by atoms with van der Waals surface area (Å²) in [5.41, 5.74) is 1.95. The first-order valence-electron chi connectivity index (χ1n) is 7.81. The molecule has 0 saturated carbocycles. The van der Waals surface area contributed by atoms with E-state index in [0.29, 0.717) is 22.4 Å². The summed E-state index contributed by atoms with van der Waals surface area (Å²) in [6.07, 6.45) is 3.51. The molecule has 1 aliphatic heterocycles. The maximum Gasteiger partial charge on any atom is 0.266 e. The molecule has 1 aliphatic rings. The largest absolute Gasteiger partial charge is 0.488 e. The standard InChI is InChI=1S/C20H17NO2S2/c1-2-12-21-19(22)18(25-20(21)24)13-16-10-6-7-11-17(16)23-14-15-8-4-3-5-9-15/h2-11,13H,1,12,14H2/b18-13-. The third-order valence-electron chi connectivity index (χ3n) is 3.63. The Balaban J connectivity index is 1.80. The molecule has 3 rings (SSSR count). The highest BCUT2D eigenvalue weighted by Crippen LogP contribution is 2.34. The minimum Gasteiger partial charge on any atom is -0.488 e. The molecule has 1 fully saturated rings. The maximum absolute atomic E-state index is 12.5. The second-order valence-electron chi connectivity index (χ2n) is 5.39. The smallest absolute Gasteiger partial charge is 0.266 e. The summed E-state index contributed by atoms with van der Waals surface area (Å²) >= 11 is 6.58. The molecule has 0 spiro atoms. The highest BCUT2D eigenvalue weighted by atomic mass is 32.2. The minimum absolute atomic E-state index is 0.0900. The first kappa shape index (κ1) is 17.5. The molecule has 0 aromatic heterocycles. The number of ether oxygens (including phenoxy) is 1. The van der Waals surface area contributed by atoms with Crippen LogP contribution in [0, 0.1) is 0 Å². The Morgan fingerprint density at radius 3 is 2.60 bits per heavy atom. The summed E-state index contributed by atoms with van der Waals surface area (Å²) in [4.78, 5) is 14.6. The van der Waals surface area contributed by atoms with Gasteiger partial charge in [0.2, 0.25) is 0 Å². The van der Waals surface area contributed by atoms with Gasteiger partial charge in [-0.05, 0) is 17.7 Å². The lowest BCUT2D eigenvalue weighted by atomic mass is 10.1. The van der Waals surface area contributed by atoms with Crippen LogP contribution in [0.25, 0.3) is 6.08 Å². The van der Waals surface area contributed by atoms with Crippen LogP contribution < -0.4 is 4.74 Å². The quantitative estimate of drug-likeness (QED) is 0.422. The number of rotatable bonds is 6. The van der Waals surface area contributed by atoms with Crippen LogP contribution in [0.4, 0.5) is 0 Å². The van der Waals surface area contributed by atoms with Crippen molar-refractivity contribution >= 4 is 40.3 Å². The lowest BCUT2D eigenvalue weighted by Crippen LogP contribution is -2.27. The molecule has 3 nitrogen and oxygen atoms in total. The fraction of sp³-hybridized carbons (Fsp3) is 0.100. The van der Waals surface area contributed by atoms with Gasteiger partial charge in [0.25, 0.3) is 5.91 Å². The Labute approximate surface area is 157 Å². The summed E-state index contributed by atoms with van der Waals surface area (Å²) in [6.45, 7) is 4.57. The second-order valence-corrected chi connectivity index (χ2v) is 7.07. The number of hydrogen-bond acceptors (Lipinski definition) is 4. The van der Waals surface area contributed by atoms with E-state index in [4.69, 9.17) is 17.0 Å². The molecule has 0 bridgehead atoms. The third-order valence-corrected chi connectivity index (χ3v) is 5.01.